The van der Waals surface area contributed by atoms with Gasteiger partial charge in [-0.25, -0.2) is 12.8 Å². The first kappa shape index (κ1) is 20.3. The molecule has 1 amide bonds. The van der Waals surface area contributed by atoms with Gasteiger partial charge in [0, 0.05) is 11.3 Å². The van der Waals surface area contributed by atoms with Crippen LogP contribution in [-0.4, -0.2) is 24.7 Å². The molecule has 8 heteroatoms. The summed E-state index contributed by atoms with van der Waals surface area (Å²) in [5.41, 5.74) is 1.56. The summed E-state index contributed by atoms with van der Waals surface area (Å²) in [6.45, 7) is 1.62. The van der Waals surface area contributed by atoms with E-state index in [1.807, 2.05) is 0 Å². The predicted octanol–water partition coefficient (Wildman–Crippen LogP) is 4.76. The lowest BCUT2D eigenvalue weighted by Gasteiger charge is -2.12. The molecule has 1 N–H and O–H groups in total. The second kappa shape index (κ2) is 8.02. The number of nitrogens with zero attached hydrogens (tertiary/aromatic N) is 1. The highest BCUT2D eigenvalue weighted by Crippen LogP contribution is 2.30. The Kier molecular flexibility index (Phi) is 5.42. The molecule has 1 fully saturated rings. The minimum Gasteiger partial charge on any atom is -0.360 e. The number of nitrogens with one attached hydrogen (secondary N) is 1. The van der Waals surface area contributed by atoms with Crippen LogP contribution >= 0.6 is 0 Å². The van der Waals surface area contributed by atoms with Crippen molar-refractivity contribution in [1.82, 2.24) is 5.16 Å². The van der Waals surface area contributed by atoms with Crippen molar-refractivity contribution in [3.8, 4) is 11.3 Å². The van der Waals surface area contributed by atoms with Gasteiger partial charge in [-0.1, -0.05) is 18.0 Å². The monoisotopic (exact) mass is 428 g/mol. The smallest absolute Gasteiger partial charge is 0.261 e. The molecule has 1 heterocycles. The number of hydrogen-bond acceptors (Lipinski definition) is 5. The summed E-state index contributed by atoms with van der Waals surface area (Å²) < 4.78 is 43.8. The highest BCUT2D eigenvalue weighted by Gasteiger charge is 2.30. The molecule has 156 valence electrons. The first-order chi connectivity index (χ1) is 14.4. The lowest BCUT2D eigenvalue weighted by Crippen LogP contribution is -2.18. The number of halogens is 1. The summed E-state index contributed by atoms with van der Waals surface area (Å²) in [7, 11) is -3.35. The van der Waals surface area contributed by atoms with Crippen LogP contribution in [0.3, 0.4) is 0 Å². The molecule has 1 aromatic heterocycles. The summed E-state index contributed by atoms with van der Waals surface area (Å²) >= 11 is 0. The number of aromatic nitrogens is 1. The molecule has 0 saturated heterocycles. The molecule has 6 nitrogen and oxygen atoms in total. The Bertz CT molecular complexity index is 1160. The molecule has 3 aromatic rings. The van der Waals surface area contributed by atoms with Gasteiger partial charge >= 0.3 is 0 Å². The second-order valence-corrected chi connectivity index (χ2v) is 9.63. The Morgan fingerprint density at radius 1 is 1.07 bits per heavy atom. The Balaban J connectivity index is 1.55. The van der Waals surface area contributed by atoms with E-state index in [4.69, 9.17) is 4.52 Å². The molecule has 0 aliphatic heterocycles. The third kappa shape index (κ3) is 3.87. The van der Waals surface area contributed by atoms with Crippen molar-refractivity contribution < 1.29 is 22.1 Å². The Morgan fingerprint density at radius 3 is 2.33 bits per heavy atom. The standard InChI is InChI=1S/C22H21FN2O4S/c1-14-20(21(25-29-14)15-6-8-16(23)9-7-15)22(26)24-17-10-12-19(13-11-17)30(27,28)18-4-2-3-5-18/h6-13,18H,2-5H2,1H3,(H,24,26). The van der Waals surface area contributed by atoms with Gasteiger partial charge in [0.05, 0.1) is 10.1 Å². The van der Waals surface area contributed by atoms with Crippen molar-refractivity contribution in [3.63, 3.8) is 0 Å². The number of carbonyl (C=O) groups excluding carboxylic acids is 1. The van der Waals surface area contributed by atoms with E-state index in [2.05, 4.69) is 10.5 Å². The van der Waals surface area contributed by atoms with Gasteiger partial charge < -0.3 is 9.84 Å². The number of rotatable bonds is 5. The van der Waals surface area contributed by atoms with Gasteiger partial charge in [0.2, 0.25) is 0 Å². The normalized spacial score (nSPS) is 14.7. The summed E-state index contributed by atoms with van der Waals surface area (Å²) in [5.74, 6) is -0.510. The van der Waals surface area contributed by atoms with E-state index in [0.717, 1.165) is 12.8 Å². The lowest BCUT2D eigenvalue weighted by atomic mass is 10.1. The van der Waals surface area contributed by atoms with Gasteiger partial charge in [-0.2, -0.15) is 0 Å². The number of benzene rings is 2. The van der Waals surface area contributed by atoms with Crippen LogP contribution in [0.4, 0.5) is 10.1 Å². The number of anilines is 1. The topological polar surface area (TPSA) is 89.3 Å². The highest BCUT2D eigenvalue weighted by molar-refractivity contribution is 7.92. The third-order valence-electron chi connectivity index (χ3n) is 5.39. The van der Waals surface area contributed by atoms with E-state index in [1.54, 1.807) is 19.1 Å². The molecule has 1 aliphatic carbocycles. The van der Waals surface area contributed by atoms with E-state index in [-0.39, 0.29) is 15.7 Å². The van der Waals surface area contributed by atoms with Crippen molar-refractivity contribution >= 4 is 21.4 Å². The van der Waals surface area contributed by atoms with Gasteiger partial charge in [0.1, 0.15) is 22.8 Å². The molecule has 0 atom stereocenters. The maximum absolute atomic E-state index is 13.2. The molecule has 0 radical (unpaired) electrons. The van der Waals surface area contributed by atoms with Gasteiger partial charge in [0.25, 0.3) is 5.91 Å². The van der Waals surface area contributed by atoms with Crippen LogP contribution in [0, 0.1) is 12.7 Å². The van der Waals surface area contributed by atoms with Crippen LogP contribution < -0.4 is 5.32 Å². The van der Waals surface area contributed by atoms with Crippen LogP contribution in [-0.2, 0) is 9.84 Å². The number of carbonyl (C=O) groups is 1. The van der Waals surface area contributed by atoms with Gasteiger partial charge in [0.15, 0.2) is 9.84 Å². The predicted molar refractivity (Wildman–Crippen MR) is 110 cm³/mol. The maximum Gasteiger partial charge on any atom is 0.261 e. The molecule has 2 aromatic carbocycles. The van der Waals surface area contributed by atoms with Crippen molar-refractivity contribution in [2.75, 3.05) is 5.32 Å². The summed E-state index contributed by atoms with van der Waals surface area (Å²) in [6.07, 6.45) is 3.26. The Hall–Kier alpha value is -3.00. The van der Waals surface area contributed by atoms with Crippen molar-refractivity contribution in [2.45, 2.75) is 42.8 Å². The molecular weight excluding hydrogens is 407 g/mol. The quantitative estimate of drug-likeness (QED) is 0.633. The van der Waals surface area contributed by atoms with Crippen molar-refractivity contribution in [1.29, 1.82) is 0 Å². The average molecular weight is 428 g/mol. The molecule has 4 rings (SSSR count). The molecule has 0 unspecified atom stereocenters. The number of amides is 1. The number of sulfone groups is 1. The Labute approximate surface area is 174 Å². The van der Waals surface area contributed by atoms with Crippen LogP contribution in [0.5, 0.6) is 0 Å². The molecular formula is C22H21FN2O4S. The second-order valence-electron chi connectivity index (χ2n) is 7.40. The Morgan fingerprint density at radius 2 is 1.70 bits per heavy atom. The van der Waals surface area contributed by atoms with Crippen molar-refractivity contribution in [3.05, 3.63) is 65.7 Å². The molecule has 0 spiro atoms. The number of aryl methyl sites for hydroxylation is 1. The minimum absolute atomic E-state index is 0.240. The summed E-state index contributed by atoms with van der Waals surface area (Å²) in [5, 5.41) is 6.36. The fraction of sp³-hybridized carbons (Fsp3) is 0.273. The van der Waals surface area contributed by atoms with E-state index < -0.39 is 21.6 Å². The zero-order valence-corrected chi connectivity index (χ0v) is 17.2. The van der Waals surface area contributed by atoms with Crippen LogP contribution in [0.15, 0.2) is 57.9 Å². The first-order valence-electron chi connectivity index (χ1n) is 9.74. The zero-order chi connectivity index (χ0) is 21.3. The molecule has 30 heavy (non-hydrogen) atoms. The zero-order valence-electron chi connectivity index (χ0n) is 16.4. The van der Waals surface area contributed by atoms with Crippen LogP contribution in [0.2, 0.25) is 0 Å². The third-order valence-corrected chi connectivity index (χ3v) is 7.67. The summed E-state index contributed by atoms with van der Waals surface area (Å²) in [4.78, 5) is 13.1. The van der Waals surface area contributed by atoms with E-state index in [9.17, 15) is 17.6 Å². The highest BCUT2D eigenvalue weighted by atomic mass is 32.2. The van der Waals surface area contributed by atoms with Gasteiger partial charge in [-0.3, -0.25) is 4.79 Å². The largest absolute Gasteiger partial charge is 0.360 e. The summed E-state index contributed by atoms with van der Waals surface area (Å²) in [6, 6.07) is 11.8. The molecule has 1 aliphatic rings. The van der Waals surface area contributed by atoms with Crippen molar-refractivity contribution in [2.24, 2.45) is 0 Å². The fourth-order valence-electron chi connectivity index (χ4n) is 3.76. The minimum atomic E-state index is -3.35. The van der Waals surface area contributed by atoms with E-state index in [0.29, 0.717) is 35.5 Å². The van der Waals surface area contributed by atoms with Gasteiger partial charge in [-0.15, -0.1) is 0 Å². The number of hydrogen-bond donors (Lipinski definition) is 1. The van der Waals surface area contributed by atoms with E-state index >= 15 is 0 Å². The first-order valence-corrected chi connectivity index (χ1v) is 11.3. The van der Waals surface area contributed by atoms with E-state index in [1.165, 1.54) is 36.4 Å². The lowest BCUT2D eigenvalue weighted by molar-refractivity contribution is 0.102. The molecule has 1 saturated carbocycles. The van der Waals surface area contributed by atoms with Crippen LogP contribution in [0.25, 0.3) is 11.3 Å². The van der Waals surface area contributed by atoms with Gasteiger partial charge in [-0.05, 0) is 68.3 Å². The SMILES string of the molecule is Cc1onc(-c2ccc(F)cc2)c1C(=O)Nc1ccc(S(=O)(=O)C2CCCC2)cc1. The molecule has 0 bridgehead atoms. The fourth-order valence-corrected chi connectivity index (χ4v) is 5.61. The maximum atomic E-state index is 13.2. The van der Waals surface area contributed by atoms with Crippen LogP contribution in [0.1, 0.15) is 41.8 Å². The average Bonchev–Trinajstić information content (AvgIpc) is 3.39.